The minimum absolute atomic E-state index is 0.0271. The molecule has 0 fully saturated rings. The fourth-order valence-corrected chi connectivity index (χ4v) is 1.18. The SMILES string of the molecule is CCC(Br)NC(=O)OCc1ccccc1. The summed E-state index contributed by atoms with van der Waals surface area (Å²) < 4.78 is 5.02. The van der Waals surface area contributed by atoms with Gasteiger partial charge >= 0.3 is 6.09 Å². The van der Waals surface area contributed by atoms with Crippen LogP contribution < -0.4 is 5.32 Å². The highest BCUT2D eigenvalue weighted by Gasteiger charge is 2.06. The monoisotopic (exact) mass is 271 g/mol. The molecule has 0 saturated heterocycles. The van der Waals surface area contributed by atoms with Crippen molar-refractivity contribution < 1.29 is 9.53 Å². The number of benzene rings is 1. The van der Waals surface area contributed by atoms with Gasteiger partial charge in [-0.2, -0.15) is 0 Å². The Balaban J connectivity index is 2.29. The molecule has 0 saturated carbocycles. The van der Waals surface area contributed by atoms with Crippen LogP contribution in [0.2, 0.25) is 0 Å². The lowest BCUT2D eigenvalue weighted by Crippen LogP contribution is -2.30. The molecule has 0 aromatic heterocycles. The summed E-state index contributed by atoms with van der Waals surface area (Å²) in [4.78, 5) is 11.2. The van der Waals surface area contributed by atoms with E-state index in [9.17, 15) is 4.79 Å². The second kappa shape index (κ2) is 6.45. The molecule has 4 heteroatoms. The topological polar surface area (TPSA) is 38.3 Å². The lowest BCUT2D eigenvalue weighted by atomic mass is 10.2. The van der Waals surface area contributed by atoms with E-state index in [0.717, 1.165) is 12.0 Å². The average molecular weight is 272 g/mol. The first-order valence-corrected chi connectivity index (χ1v) is 5.75. The van der Waals surface area contributed by atoms with Gasteiger partial charge in [0.25, 0.3) is 0 Å². The Morgan fingerprint density at radius 1 is 1.47 bits per heavy atom. The number of halogens is 1. The van der Waals surface area contributed by atoms with E-state index in [-0.39, 0.29) is 4.95 Å². The molecule has 1 atom stereocenters. The van der Waals surface area contributed by atoms with Crippen molar-refractivity contribution in [3.05, 3.63) is 35.9 Å². The maximum atomic E-state index is 11.2. The van der Waals surface area contributed by atoms with Crippen LogP contribution in [0.25, 0.3) is 0 Å². The Bertz CT molecular complexity index is 303. The first kappa shape index (κ1) is 12.0. The number of amides is 1. The molecule has 0 radical (unpaired) electrons. The largest absolute Gasteiger partial charge is 0.445 e. The molecule has 1 unspecified atom stereocenters. The molecule has 15 heavy (non-hydrogen) atoms. The number of ether oxygens (including phenoxy) is 1. The predicted octanol–water partition coefficient (Wildman–Crippen LogP) is 3.04. The van der Waals surface area contributed by atoms with Crippen LogP contribution in [0.1, 0.15) is 18.9 Å². The van der Waals surface area contributed by atoms with E-state index < -0.39 is 6.09 Å². The van der Waals surface area contributed by atoms with Gasteiger partial charge in [-0.15, -0.1) is 0 Å². The van der Waals surface area contributed by atoms with Gasteiger partial charge in [-0.1, -0.05) is 53.2 Å². The summed E-state index contributed by atoms with van der Waals surface area (Å²) in [5.74, 6) is 0. The van der Waals surface area contributed by atoms with Crippen molar-refractivity contribution >= 4 is 22.0 Å². The normalized spacial score (nSPS) is 11.9. The molecule has 0 bridgehead atoms. The van der Waals surface area contributed by atoms with Crippen molar-refractivity contribution in [2.45, 2.75) is 24.9 Å². The molecule has 0 spiro atoms. The van der Waals surface area contributed by atoms with Crippen molar-refractivity contribution in [2.75, 3.05) is 0 Å². The molecule has 0 aliphatic carbocycles. The molecule has 1 aromatic carbocycles. The molecular formula is C11H14BrNO2. The maximum absolute atomic E-state index is 11.2. The van der Waals surface area contributed by atoms with E-state index in [1.165, 1.54) is 0 Å². The Hall–Kier alpha value is -1.03. The van der Waals surface area contributed by atoms with Crippen molar-refractivity contribution in [3.63, 3.8) is 0 Å². The molecule has 0 aliphatic rings. The Labute approximate surface area is 97.9 Å². The summed E-state index contributed by atoms with van der Waals surface area (Å²) in [7, 11) is 0. The van der Waals surface area contributed by atoms with Gasteiger partial charge in [0.2, 0.25) is 0 Å². The lowest BCUT2D eigenvalue weighted by Gasteiger charge is -2.10. The highest BCUT2D eigenvalue weighted by Crippen LogP contribution is 2.03. The first-order chi connectivity index (χ1) is 7.22. The van der Waals surface area contributed by atoms with E-state index in [0.29, 0.717) is 6.61 Å². The quantitative estimate of drug-likeness (QED) is 0.675. The Morgan fingerprint density at radius 2 is 2.13 bits per heavy atom. The van der Waals surface area contributed by atoms with E-state index >= 15 is 0 Å². The molecule has 1 rings (SSSR count). The zero-order chi connectivity index (χ0) is 11.1. The highest BCUT2D eigenvalue weighted by molar-refractivity contribution is 9.09. The third-order valence-corrected chi connectivity index (χ3v) is 2.72. The van der Waals surface area contributed by atoms with Crippen molar-refractivity contribution in [2.24, 2.45) is 0 Å². The fourth-order valence-electron chi connectivity index (χ4n) is 0.995. The molecule has 0 aliphatic heterocycles. The summed E-state index contributed by atoms with van der Waals surface area (Å²) in [6.45, 7) is 2.27. The average Bonchev–Trinajstić information content (AvgIpc) is 2.27. The van der Waals surface area contributed by atoms with Crippen LogP contribution in [-0.2, 0) is 11.3 Å². The highest BCUT2D eigenvalue weighted by atomic mass is 79.9. The summed E-state index contributed by atoms with van der Waals surface area (Å²) >= 11 is 3.29. The second-order valence-corrected chi connectivity index (χ2v) is 4.19. The summed E-state index contributed by atoms with van der Waals surface area (Å²) in [6, 6.07) is 9.58. The van der Waals surface area contributed by atoms with Crippen LogP contribution in [0.15, 0.2) is 30.3 Å². The van der Waals surface area contributed by atoms with E-state index in [4.69, 9.17) is 4.74 Å². The second-order valence-electron chi connectivity index (χ2n) is 3.08. The van der Waals surface area contributed by atoms with E-state index in [2.05, 4.69) is 21.2 Å². The molecule has 1 N–H and O–H groups in total. The van der Waals surface area contributed by atoms with E-state index in [1.54, 1.807) is 0 Å². The van der Waals surface area contributed by atoms with Crippen molar-refractivity contribution in [1.29, 1.82) is 0 Å². The predicted molar refractivity (Wildman–Crippen MR) is 62.8 cm³/mol. The van der Waals surface area contributed by atoms with Crippen LogP contribution in [0.4, 0.5) is 4.79 Å². The molecule has 1 amide bonds. The van der Waals surface area contributed by atoms with Crippen LogP contribution in [0, 0.1) is 0 Å². The van der Waals surface area contributed by atoms with Gasteiger partial charge in [-0.05, 0) is 12.0 Å². The van der Waals surface area contributed by atoms with Gasteiger partial charge in [-0.25, -0.2) is 4.79 Å². The van der Waals surface area contributed by atoms with Gasteiger partial charge in [0.05, 0.1) is 4.95 Å². The standard InChI is InChI=1S/C11H14BrNO2/c1-2-10(12)13-11(14)15-8-9-6-4-3-5-7-9/h3-7,10H,2,8H2,1H3,(H,13,14). The van der Waals surface area contributed by atoms with Crippen LogP contribution in [0.3, 0.4) is 0 Å². The number of hydrogen-bond donors (Lipinski definition) is 1. The fraction of sp³-hybridized carbons (Fsp3) is 0.364. The van der Waals surface area contributed by atoms with Gasteiger partial charge in [0.1, 0.15) is 6.61 Å². The number of carbonyl (C=O) groups excluding carboxylic acids is 1. The molecule has 1 aromatic rings. The van der Waals surface area contributed by atoms with Gasteiger partial charge in [0, 0.05) is 0 Å². The molecule has 0 heterocycles. The van der Waals surface area contributed by atoms with Crippen molar-refractivity contribution in [3.8, 4) is 0 Å². The number of hydrogen-bond acceptors (Lipinski definition) is 2. The molecule has 82 valence electrons. The summed E-state index contributed by atoms with van der Waals surface area (Å²) in [5.41, 5.74) is 0.982. The Morgan fingerprint density at radius 3 is 2.73 bits per heavy atom. The van der Waals surface area contributed by atoms with Gasteiger partial charge < -0.3 is 10.1 Å². The first-order valence-electron chi connectivity index (χ1n) is 4.83. The van der Waals surface area contributed by atoms with Crippen LogP contribution in [0.5, 0.6) is 0 Å². The summed E-state index contributed by atoms with van der Waals surface area (Å²) in [6.07, 6.45) is 0.419. The minimum atomic E-state index is -0.400. The Kier molecular flexibility index (Phi) is 5.18. The van der Waals surface area contributed by atoms with Crippen LogP contribution >= 0.6 is 15.9 Å². The minimum Gasteiger partial charge on any atom is -0.445 e. The van der Waals surface area contributed by atoms with Gasteiger partial charge in [0.15, 0.2) is 0 Å². The number of alkyl halides is 1. The third kappa shape index (κ3) is 4.83. The lowest BCUT2D eigenvalue weighted by molar-refractivity contribution is 0.139. The van der Waals surface area contributed by atoms with Crippen LogP contribution in [-0.4, -0.2) is 11.0 Å². The number of carbonyl (C=O) groups is 1. The zero-order valence-electron chi connectivity index (χ0n) is 8.57. The zero-order valence-corrected chi connectivity index (χ0v) is 10.2. The van der Waals surface area contributed by atoms with Crippen molar-refractivity contribution in [1.82, 2.24) is 5.32 Å². The van der Waals surface area contributed by atoms with E-state index in [1.807, 2.05) is 37.3 Å². The van der Waals surface area contributed by atoms with Gasteiger partial charge in [-0.3, -0.25) is 0 Å². The maximum Gasteiger partial charge on any atom is 0.408 e. The third-order valence-electron chi connectivity index (χ3n) is 1.85. The summed E-state index contributed by atoms with van der Waals surface area (Å²) in [5, 5.41) is 2.66. The number of rotatable bonds is 4. The molecule has 3 nitrogen and oxygen atoms in total. The smallest absolute Gasteiger partial charge is 0.408 e. The number of nitrogens with one attached hydrogen (secondary N) is 1. The number of alkyl carbamates (subject to hydrolysis) is 1. The molecular weight excluding hydrogens is 258 g/mol.